The first kappa shape index (κ1) is 8.59. The summed E-state index contributed by atoms with van der Waals surface area (Å²) in [7, 11) is 0. The van der Waals surface area contributed by atoms with Gasteiger partial charge in [-0.2, -0.15) is 4.68 Å². The molecule has 1 aromatic heterocycles. The Morgan fingerprint density at radius 2 is 2.37 bits per heavy atom. The zero-order chi connectivity index (χ0) is 19.8. The van der Waals surface area contributed by atoms with Gasteiger partial charge in [-0.3, -0.25) is 0 Å². The molecule has 0 atom stereocenters. The van der Waals surface area contributed by atoms with E-state index in [1.54, 1.807) is 20.8 Å². The van der Waals surface area contributed by atoms with Crippen molar-refractivity contribution in [2.24, 2.45) is 6.98 Å². The van der Waals surface area contributed by atoms with E-state index in [4.69, 9.17) is 19.5 Å². The van der Waals surface area contributed by atoms with E-state index >= 15 is 0 Å². The largest absolute Gasteiger partial charge is 0.444 e. The average molecular weight is 335 g/mol. The quantitative estimate of drug-likeness (QED) is 0.781. The fourth-order valence-electron chi connectivity index (χ4n) is 1.16. The van der Waals surface area contributed by atoms with Gasteiger partial charge in [0.2, 0.25) is 0 Å². The summed E-state index contributed by atoms with van der Waals surface area (Å²) in [5.74, 6) is -0.315. The molecule has 0 aromatic carbocycles. The molecule has 0 aliphatic heterocycles. The van der Waals surface area contributed by atoms with E-state index in [1.807, 2.05) is 0 Å². The molecule has 0 aliphatic carbocycles. The van der Waals surface area contributed by atoms with Crippen molar-refractivity contribution in [1.82, 2.24) is 14.7 Å². The van der Waals surface area contributed by atoms with Crippen LogP contribution in [0.3, 0.4) is 0 Å². The maximum atomic E-state index is 12.2. The van der Waals surface area contributed by atoms with Crippen LogP contribution >= 0.6 is 15.9 Å². The van der Waals surface area contributed by atoms with Gasteiger partial charge >= 0.3 is 6.09 Å². The Morgan fingerprint density at radius 1 is 1.68 bits per heavy atom. The topological polar surface area (TPSA) is 51.7 Å². The third kappa shape index (κ3) is 3.96. The molecule has 0 unspecified atom stereocenters. The average Bonchev–Trinajstić information content (AvgIpc) is 2.68. The number of halogens is 1. The smallest absolute Gasteiger partial charge is 0.410 e. The molecule has 0 saturated carbocycles. The number of amides is 1. The van der Waals surface area contributed by atoms with Crippen molar-refractivity contribution in [1.29, 1.82) is 0 Å². The summed E-state index contributed by atoms with van der Waals surface area (Å²) in [6, 6.07) is 0. The van der Waals surface area contributed by atoms with E-state index in [0.717, 1.165) is 0 Å². The van der Waals surface area contributed by atoms with Gasteiger partial charge < -0.3 is 14.5 Å². The third-order valence-electron chi connectivity index (χ3n) is 1.90. The highest BCUT2D eigenvalue weighted by atomic mass is 79.9. The van der Waals surface area contributed by atoms with Gasteiger partial charge in [-0.1, -0.05) is 22.5 Å². The van der Waals surface area contributed by atoms with Gasteiger partial charge in [-0.15, -0.1) is 5.10 Å². The Hall–Kier alpha value is -1.55. The Balaban J connectivity index is 3.30. The number of hydrogen-bond acceptors (Lipinski definition) is 3. The lowest BCUT2D eigenvalue weighted by molar-refractivity contribution is 0.0282. The lowest BCUT2D eigenvalue weighted by Crippen LogP contribution is -2.34. The molecule has 7 heteroatoms. The molecule has 6 nitrogen and oxygen atoms in total. The number of aryl methyl sites for hydroxylation is 1. The minimum Gasteiger partial charge on any atom is -0.444 e. The number of carbonyl (C=O) groups excluding carboxylic acids is 1. The molecule has 0 bridgehead atoms. The van der Waals surface area contributed by atoms with Crippen molar-refractivity contribution >= 4 is 27.8 Å². The molecule has 1 heterocycles. The molecule has 0 spiro atoms. The molecular weight excluding hydrogens is 312 g/mol. The third-order valence-corrected chi connectivity index (χ3v) is 2.71. The summed E-state index contributed by atoms with van der Waals surface area (Å²) in [4.78, 5) is 15.7. The maximum absolute atomic E-state index is 12.2. The van der Waals surface area contributed by atoms with Gasteiger partial charge in [0.25, 0.3) is 5.82 Å². The van der Waals surface area contributed by atoms with Crippen molar-refractivity contribution in [3.63, 3.8) is 0 Å². The van der Waals surface area contributed by atoms with Gasteiger partial charge in [0, 0.05) is 11.1 Å². The second kappa shape index (κ2) is 5.61. The first-order chi connectivity index (χ1) is 11.1. The van der Waals surface area contributed by atoms with Crippen LogP contribution in [0, 0.1) is 6.57 Å². The van der Waals surface area contributed by atoms with Crippen molar-refractivity contribution in [2.75, 3.05) is 6.98 Å². The Kier molecular flexibility index (Phi) is 2.54. The van der Waals surface area contributed by atoms with Crippen LogP contribution in [0.5, 0.6) is 0 Å². The van der Waals surface area contributed by atoms with Gasteiger partial charge in [0.15, 0.2) is 0 Å². The minimum atomic E-state index is -2.84. The summed E-state index contributed by atoms with van der Waals surface area (Å²) in [6.07, 6.45) is -1.10. The van der Waals surface area contributed by atoms with Crippen LogP contribution in [-0.4, -0.2) is 33.4 Å². The van der Waals surface area contributed by atoms with Gasteiger partial charge in [-0.05, 0) is 20.8 Å². The van der Waals surface area contributed by atoms with Gasteiger partial charge in [-0.25, -0.2) is 4.79 Å². The fraction of sp³-hybridized carbons (Fsp3) is 0.583. The van der Waals surface area contributed by atoms with Crippen LogP contribution in [0.4, 0.5) is 10.6 Å². The Morgan fingerprint density at radius 3 is 2.79 bits per heavy atom. The first-order valence-electron chi connectivity index (χ1n) is 8.24. The first-order valence-corrected chi connectivity index (χ1v) is 6.03. The summed E-state index contributed by atoms with van der Waals surface area (Å²) in [5.41, 5.74) is -0.999. The monoisotopic (exact) mass is 334 g/mol. The number of hydrogen-bond donors (Lipinski definition) is 0. The van der Waals surface area contributed by atoms with E-state index in [1.165, 1.54) is 0 Å². The minimum absolute atomic E-state index is 0.0106. The molecule has 0 fully saturated rings. The number of carbonyl (C=O) groups is 1. The number of rotatable bonds is 2. The fourth-order valence-corrected chi connectivity index (χ4v) is 1.62. The number of ether oxygens (including phenoxy) is 1. The lowest BCUT2D eigenvalue weighted by Gasteiger charge is -2.24. The highest BCUT2D eigenvalue weighted by molar-refractivity contribution is 9.10. The second-order valence-corrected chi connectivity index (χ2v) is 5.47. The molecule has 1 amide bonds. The van der Waals surface area contributed by atoms with E-state index in [0.29, 0.717) is 9.58 Å². The number of nitrogens with zero attached hydrogens (tertiary/aromatic N) is 4. The molecule has 0 aliphatic rings. The molecule has 104 valence electrons. The van der Waals surface area contributed by atoms with E-state index in [-0.39, 0.29) is 16.0 Å². The summed E-state index contributed by atoms with van der Waals surface area (Å²) in [6.45, 7) is 5.72. The highest BCUT2D eigenvalue weighted by Crippen LogP contribution is 2.29. The molecular formula is C12H17BrN4O2. The van der Waals surface area contributed by atoms with Crippen molar-refractivity contribution in [2.45, 2.75) is 32.9 Å². The zero-order valence-corrected chi connectivity index (χ0v) is 12.3. The molecule has 0 saturated heterocycles. The summed E-state index contributed by atoms with van der Waals surface area (Å²) < 4.78 is 50.3. The lowest BCUT2D eigenvalue weighted by atomic mass is 10.2. The molecule has 0 radical (unpaired) electrons. The van der Waals surface area contributed by atoms with Gasteiger partial charge in [0.1, 0.15) is 11.3 Å². The zero-order valence-electron chi connectivity index (χ0n) is 16.7. The number of aromatic nitrogens is 2. The van der Waals surface area contributed by atoms with Crippen LogP contribution in [-0.2, 0) is 18.3 Å². The Bertz CT molecular complexity index is 699. The summed E-state index contributed by atoms with van der Waals surface area (Å²) >= 11 is 3.05. The molecule has 0 N–H and O–H groups in total. The van der Waals surface area contributed by atoms with Crippen molar-refractivity contribution < 1.29 is 17.8 Å². The van der Waals surface area contributed by atoms with Crippen LogP contribution in [0.25, 0.3) is 4.85 Å². The standard InChI is InChI=1S/C12H17BrN4O2/c1-12(2,3)19-11(18)16(5)7-8-9(13)10(14-4)17(6)15-8/h7H2,1-3,5-6H3/i5D3,6D3. The van der Waals surface area contributed by atoms with Crippen LogP contribution in [0.1, 0.15) is 34.7 Å². The predicted octanol–water partition coefficient (Wildman–Crippen LogP) is 3.10. The molecule has 19 heavy (non-hydrogen) atoms. The van der Waals surface area contributed by atoms with Crippen molar-refractivity contribution in [3.8, 4) is 0 Å². The molecule has 1 rings (SSSR count). The molecule has 1 aromatic rings. The maximum Gasteiger partial charge on any atom is 0.410 e. The Labute approximate surface area is 129 Å². The second-order valence-electron chi connectivity index (χ2n) is 4.67. The van der Waals surface area contributed by atoms with E-state index in [2.05, 4.69) is 25.9 Å². The van der Waals surface area contributed by atoms with Crippen molar-refractivity contribution in [3.05, 3.63) is 21.6 Å². The normalized spacial score (nSPS) is 17.0. The van der Waals surface area contributed by atoms with Crippen LogP contribution in [0.2, 0.25) is 0 Å². The van der Waals surface area contributed by atoms with Crippen LogP contribution < -0.4 is 0 Å². The summed E-state index contributed by atoms with van der Waals surface area (Å²) in [5, 5.41) is 3.78. The van der Waals surface area contributed by atoms with Crippen LogP contribution in [0.15, 0.2) is 4.47 Å². The van der Waals surface area contributed by atoms with E-state index in [9.17, 15) is 4.79 Å². The predicted molar refractivity (Wildman–Crippen MR) is 74.9 cm³/mol. The van der Waals surface area contributed by atoms with Gasteiger partial charge in [0.05, 0.1) is 22.1 Å². The highest BCUT2D eigenvalue weighted by Gasteiger charge is 2.22. The van der Waals surface area contributed by atoms with E-state index < -0.39 is 32.2 Å². The SMILES string of the molecule is [2H]C([2H])([2H])N(Cc1nn(C([2H])([2H])[2H])c([N+]#[C-])c1Br)C(=O)OC(C)(C)C.